The van der Waals surface area contributed by atoms with Gasteiger partial charge in [0.2, 0.25) is 6.10 Å². The van der Waals surface area contributed by atoms with Crippen molar-refractivity contribution in [2.24, 2.45) is 12.1 Å². The van der Waals surface area contributed by atoms with Crippen molar-refractivity contribution in [1.82, 2.24) is 20.2 Å². The Bertz CT molecular complexity index is 1160. The molecule has 1 N–H and O–H groups in total. The number of hydrogen-bond donors (Lipinski definition) is 1. The number of carbonyl (C=O) groups is 1. The second-order valence-corrected chi connectivity index (χ2v) is 7.42. The second kappa shape index (κ2) is 8.83. The van der Waals surface area contributed by atoms with Gasteiger partial charge in [0.25, 0.3) is 11.6 Å². The average Bonchev–Trinajstić information content (AvgIpc) is 3.18. The number of carbonyl (C=O) groups excluding carboxylic acids is 1. The number of nitro benzene ring substituents is 1. The van der Waals surface area contributed by atoms with E-state index in [2.05, 4.69) is 20.7 Å². The first-order valence-corrected chi connectivity index (χ1v) is 9.84. The fourth-order valence-corrected chi connectivity index (χ4v) is 3.55. The molecule has 12 heteroatoms. The van der Waals surface area contributed by atoms with Gasteiger partial charge in [-0.3, -0.25) is 14.9 Å². The molecule has 1 aliphatic heterocycles. The van der Waals surface area contributed by atoms with Crippen LogP contribution in [-0.4, -0.2) is 44.5 Å². The zero-order valence-electron chi connectivity index (χ0n) is 16.2. The molecular weight excluding hydrogens is 424 g/mol. The summed E-state index contributed by atoms with van der Waals surface area (Å²) in [6, 6.07) is 11.7. The summed E-state index contributed by atoms with van der Waals surface area (Å²) in [5.41, 5.74) is 2.71. The Morgan fingerprint density at radius 2 is 2.16 bits per heavy atom. The molecule has 31 heavy (non-hydrogen) atoms. The number of fused-ring (bicyclic) bond motifs is 1. The van der Waals surface area contributed by atoms with Crippen LogP contribution in [0.15, 0.2) is 63.9 Å². The summed E-state index contributed by atoms with van der Waals surface area (Å²) in [5, 5.41) is 23.6. The zero-order valence-corrected chi connectivity index (χ0v) is 17.0. The fourth-order valence-electron chi connectivity index (χ4n) is 2.70. The number of ether oxygens (including phenoxy) is 2. The van der Waals surface area contributed by atoms with Crippen molar-refractivity contribution in [3.8, 4) is 11.5 Å². The van der Waals surface area contributed by atoms with Gasteiger partial charge < -0.3 is 14.0 Å². The highest BCUT2D eigenvalue weighted by molar-refractivity contribution is 7.99. The van der Waals surface area contributed by atoms with Gasteiger partial charge in [-0.25, -0.2) is 5.43 Å². The van der Waals surface area contributed by atoms with Crippen LogP contribution in [0.3, 0.4) is 0 Å². The van der Waals surface area contributed by atoms with Crippen LogP contribution in [-0.2, 0) is 11.8 Å². The van der Waals surface area contributed by atoms with Crippen LogP contribution in [0.1, 0.15) is 5.56 Å². The average molecular weight is 440 g/mol. The van der Waals surface area contributed by atoms with Crippen molar-refractivity contribution in [1.29, 1.82) is 0 Å². The highest BCUT2D eigenvalue weighted by Crippen LogP contribution is 2.34. The van der Waals surface area contributed by atoms with Gasteiger partial charge >= 0.3 is 0 Å². The molecule has 4 rings (SSSR count). The standard InChI is InChI=1S/C19H16N6O5S/c1-24-11-21-23-19(24)31-17-7-6-12(8-13(17)25(27)28)9-20-22-18(26)16-10-29-14-4-2-3-5-15(14)30-16/h2-9,11,16H,10H2,1H3,(H,22,26)/b20-9-/t16-/m0/s1. The molecule has 2 heterocycles. The Labute approximate surface area is 180 Å². The predicted molar refractivity (Wildman–Crippen MR) is 110 cm³/mol. The lowest BCUT2D eigenvalue weighted by Crippen LogP contribution is -2.42. The van der Waals surface area contributed by atoms with Crippen LogP contribution in [0.4, 0.5) is 5.69 Å². The van der Waals surface area contributed by atoms with Gasteiger partial charge in [0.1, 0.15) is 12.9 Å². The normalized spacial score (nSPS) is 15.1. The van der Waals surface area contributed by atoms with Gasteiger partial charge in [0.15, 0.2) is 16.7 Å². The number of nitro groups is 1. The maximum absolute atomic E-state index is 12.3. The molecule has 2 aromatic carbocycles. The summed E-state index contributed by atoms with van der Waals surface area (Å²) >= 11 is 1.13. The van der Waals surface area contributed by atoms with E-state index in [1.807, 2.05) is 6.07 Å². The number of hydrazone groups is 1. The number of aromatic nitrogens is 3. The molecule has 3 aromatic rings. The Morgan fingerprint density at radius 3 is 2.90 bits per heavy atom. The van der Waals surface area contributed by atoms with Crippen molar-refractivity contribution < 1.29 is 19.2 Å². The molecule has 0 spiro atoms. The molecule has 0 saturated heterocycles. The van der Waals surface area contributed by atoms with Crippen molar-refractivity contribution in [3.63, 3.8) is 0 Å². The molecule has 0 fully saturated rings. The first-order chi connectivity index (χ1) is 15.0. The van der Waals surface area contributed by atoms with Gasteiger partial charge in [-0.1, -0.05) is 18.2 Å². The maximum atomic E-state index is 12.3. The zero-order chi connectivity index (χ0) is 21.8. The molecule has 1 atom stereocenters. The Morgan fingerprint density at radius 1 is 1.35 bits per heavy atom. The summed E-state index contributed by atoms with van der Waals surface area (Å²) in [7, 11) is 1.75. The van der Waals surface area contributed by atoms with E-state index in [1.54, 1.807) is 41.9 Å². The predicted octanol–water partition coefficient (Wildman–Crippen LogP) is 2.16. The first-order valence-electron chi connectivity index (χ1n) is 9.03. The summed E-state index contributed by atoms with van der Waals surface area (Å²) in [5.74, 6) is 0.556. The Hall–Kier alpha value is -3.93. The smallest absolute Gasteiger partial charge is 0.284 e. The van der Waals surface area contributed by atoms with Crippen molar-refractivity contribution in [2.45, 2.75) is 16.2 Å². The minimum atomic E-state index is -0.855. The molecule has 0 aliphatic carbocycles. The van der Waals surface area contributed by atoms with Crippen LogP contribution in [0.2, 0.25) is 0 Å². The molecule has 0 unspecified atom stereocenters. The topological polar surface area (TPSA) is 134 Å². The third kappa shape index (κ3) is 4.64. The van der Waals surface area contributed by atoms with Crippen LogP contribution in [0, 0.1) is 10.1 Å². The third-order valence-corrected chi connectivity index (χ3v) is 5.36. The molecular formula is C19H16N6O5S. The van der Waals surface area contributed by atoms with Gasteiger partial charge in [-0.05, 0) is 30.0 Å². The molecule has 1 amide bonds. The molecule has 158 valence electrons. The summed E-state index contributed by atoms with van der Waals surface area (Å²) < 4.78 is 12.8. The lowest BCUT2D eigenvalue weighted by molar-refractivity contribution is -0.387. The Balaban J connectivity index is 1.42. The van der Waals surface area contributed by atoms with E-state index >= 15 is 0 Å². The number of para-hydroxylation sites is 2. The molecule has 0 bridgehead atoms. The number of hydrogen-bond acceptors (Lipinski definition) is 9. The van der Waals surface area contributed by atoms with Gasteiger partial charge in [0, 0.05) is 18.7 Å². The van der Waals surface area contributed by atoms with E-state index in [4.69, 9.17) is 9.47 Å². The van der Waals surface area contributed by atoms with Crippen molar-refractivity contribution in [2.75, 3.05) is 6.61 Å². The first kappa shape index (κ1) is 20.3. The number of amides is 1. The third-order valence-electron chi connectivity index (χ3n) is 4.24. The van der Waals surface area contributed by atoms with Crippen LogP contribution in [0.5, 0.6) is 11.5 Å². The summed E-state index contributed by atoms with van der Waals surface area (Å²) in [6.45, 7) is 0.0534. The van der Waals surface area contributed by atoms with Crippen molar-refractivity contribution >= 4 is 29.6 Å². The van der Waals surface area contributed by atoms with Gasteiger partial charge in [-0.15, -0.1) is 10.2 Å². The summed E-state index contributed by atoms with van der Waals surface area (Å²) in [4.78, 5) is 23.7. The quantitative estimate of drug-likeness (QED) is 0.350. The number of aryl methyl sites for hydroxylation is 1. The van der Waals surface area contributed by atoms with Crippen LogP contribution >= 0.6 is 11.8 Å². The van der Waals surface area contributed by atoms with Crippen molar-refractivity contribution in [3.05, 3.63) is 64.5 Å². The van der Waals surface area contributed by atoms with E-state index in [0.29, 0.717) is 27.1 Å². The lowest BCUT2D eigenvalue weighted by atomic mass is 10.2. The maximum Gasteiger partial charge on any atom is 0.284 e. The lowest BCUT2D eigenvalue weighted by Gasteiger charge is -2.24. The van der Waals surface area contributed by atoms with E-state index in [1.165, 1.54) is 18.6 Å². The second-order valence-electron chi connectivity index (χ2n) is 6.41. The number of benzene rings is 2. The minimum Gasteiger partial charge on any atom is -0.485 e. The van der Waals surface area contributed by atoms with Crippen LogP contribution < -0.4 is 14.9 Å². The molecule has 0 saturated carbocycles. The molecule has 1 aliphatic rings. The fraction of sp³-hybridized carbons (Fsp3) is 0.158. The number of nitrogens with one attached hydrogen (secondary N) is 1. The highest BCUT2D eigenvalue weighted by atomic mass is 32.2. The molecule has 11 nitrogen and oxygen atoms in total. The largest absolute Gasteiger partial charge is 0.485 e. The van der Waals surface area contributed by atoms with Crippen LogP contribution in [0.25, 0.3) is 0 Å². The molecule has 0 radical (unpaired) electrons. The van der Waals surface area contributed by atoms with E-state index in [0.717, 1.165) is 11.8 Å². The van der Waals surface area contributed by atoms with E-state index in [9.17, 15) is 14.9 Å². The highest BCUT2D eigenvalue weighted by Gasteiger charge is 2.27. The van der Waals surface area contributed by atoms with Gasteiger partial charge in [-0.2, -0.15) is 5.10 Å². The number of nitrogens with zero attached hydrogens (tertiary/aromatic N) is 5. The Kier molecular flexibility index (Phi) is 5.80. The summed E-state index contributed by atoms with van der Waals surface area (Å²) in [6.07, 6.45) is 1.98. The van der Waals surface area contributed by atoms with Gasteiger partial charge in [0.05, 0.1) is 16.0 Å². The monoisotopic (exact) mass is 440 g/mol. The minimum absolute atomic E-state index is 0.0534. The number of rotatable bonds is 6. The van der Waals surface area contributed by atoms with E-state index in [-0.39, 0.29) is 12.3 Å². The van der Waals surface area contributed by atoms with E-state index < -0.39 is 16.9 Å². The molecule has 1 aromatic heterocycles. The SMILES string of the molecule is Cn1cnnc1Sc1ccc(/C=N\NC(=O)[C@@H]2COc3ccccc3O2)cc1[N+](=O)[O-].